The zero-order valence-electron chi connectivity index (χ0n) is 10.8. The lowest BCUT2D eigenvalue weighted by atomic mass is 10.2. The van der Waals surface area contributed by atoms with E-state index in [1.807, 2.05) is 4.72 Å². The van der Waals surface area contributed by atoms with Crippen LogP contribution in [0.25, 0.3) is 0 Å². The van der Waals surface area contributed by atoms with Gasteiger partial charge in [0.1, 0.15) is 10.7 Å². The molecule has 21 heavy (non-hydrogen) atoms. The molecule has 0 heterocycles. The number of sulfonamides is 1. The molecule has 0 fully saturated rings. The number of benzene rings is 2. The second-order valence-electron chi connectivity index (χ2n) is 4.40. The van der Waals surface area contributed by atoms with Gasteiger partial charge in [-0.15, -0.1) is 0 Å². The van der Waals surface area contributed by atoms with Crippen molar-refractivity contribution >= 4 is 21.4 Å². The summed E-state index contributed by atoms with van der Waals surface area (Å²) in [6, 6.07) is 5.17. The lowest BCUT2D eigenvalue weighted by Crippen LogP contribution is -2.16. The average Bonchev–Trinajstić information content (AvgIpc) is 2.37. The second kappa shape index (κ2) is 5.28. The van der Waals surface area contributed by atoms with E-state index in [2.05, 4.69) is 0 Å². The lowest BCUT2D eigenvalue weighted by Gasteiger charge is -2.11. The van der Waals surface area contributed by atoms with E-state index in [-0.39, 0.29) is 11.4 Å². The fourth-order valence-electron chi connectivity index (χ4n) is 1.68. The second-order valence-corrected chi connectivity index (χ2v) is 6.05. The van der Waals surface area contributed by atoms with Crippen molar-refractivity contribution in [2.75, 3.05) is 10.5 Å². The van der Waals surface area contributed by atoms with Crippen LogP contribution in [0.2, 0.25) is 0 Å². The molecule has 0 unspecified atom stereocenters. The van der Waals surface area contributed by atoms with Crippen molar-refractivity contribution in [3.05, 3.63) is 53.3 Å². The topological polar surface area (TPSA) is 72.2 Å². The first-order valence-corrected chi connectivity index (χ1v) is 7.22. The maximum atomic E-state index is 13.6. The molecule has 0 spiro atoms. The summed E-state index contributed by atoms with van der Waals surface area (Å²) in [5, 5.41) is 0. The summed E-state index contributed by atoms with van der Waals surface area (Å²) in [6.45, 7) is 1.62. The minimum atomic E-state index is -4.51. The van der Waals surface area contributed by atoms with Gasteiger partial charge in [-0.05, 0) is 36.8 Å². The molecule has 0 aliphatic heterocycles. The van der Waals surface area contributed by atoms with Crippen LogP contribution in [0.3, 0.4) is 0 Å². The Kier molecular flexibility index (Phi) is 3.82. The molecule has 2 rings (SSSR count). The van der Waals surface area contributed by atoms with E-state index in [1.54, 1.807) is 6.92 Å². The van der Waals surface area contributed by atoms with Gasteiger partial charge in [0.05, 0.1) is 5.69 Å². The van der Waals surface area contributed by atoms with Gasteiger partial charge in [-0.1, -0.05) is 6.07 Å². The highest BCUT2D eigenvalue weighted by Gasteiger charge is 2.23. The summed E-state index contributed by atoms with van der Waals surface area (Å²) >= 11 is 0. The third-order valence-corrected chi connectivity index (χ3v) is 4.04. The van der Waals surface area contributed by atoms with Crippen LogP contribution in [-0.4, -0.2) is 8.42 Å². The monoisotopic (exact) mass is 316 g/mol. The molecule has 8 heteroatoms. The van der Waals surface area contributed by atoms with E-state index >= 15 is 0 Å². The number of halogens is 3. The molecule has 2 aromatic rings. The van der Waals surface area contributed by atoms with Crippen LogP contribution in [0.1, 0.15) is 5.56 Å². The van der Waals surface area contributed by atoms with Gasteiger partial charge in [0.25, 0.3) is 10.0 Å². The van der Waals surface area contributed by atoms with Crippen LogP contribution in [0, 0.1) is 24.4 Å². The van der Waals surface area contributed by atoms with E-state index in [9.17, 15) is 21.6 Å². The minimum absolute atomic E-state index is 0.265. The molecule has 0 saturated carbocycles. The van der Waals surface area contributed by atoms with Crippen molar-refractivity contribution in [3.8, 4) is 0 Å². The average molecular weight is 316 g/mol. The van der Waals surface area contributed by atoms with E-state index in [0.717, 1.165) is 12.1 Å². The van der Waals surface area contributed by atoms with Crippen LogP contribution in [-0.2, 0) is 10.0 Å². The molecule has 0 bridgehead atoms. The minimum Gasteiger partial charge on any atom is -0.399 e. The Bertz CT molecular complexity index is 807. The summed E-state index contributed by atoms with van der Waals surface area (Å²) < 4.78 is 66.4. The summed E-state index contributed by atoms with van der Waals surface area (Å²) in [4.78, 5) is -0.986. The quantitative estimate of drug-likeness (QED) is 0.855. The molecule has 0 amide bonds. The molecular weight excluding hydrogens is 305 g/mol. The molecule has 4 nitrogen and oxygen atoms in total. The van der Waals surface area contributed by atoms with E-state index < -0.39 is 32.4 Å². The van der Waals surface area contributed by atoms with Gasteiger partial charge in [-0.25, -0.2) is 21.6 Å². The molecule has 3 N–H and O–H groups in total. The third kappa shape index (κ3) is 3.10. The highest BCUT2D eigenvalue weighted by Crippen LogP contribution is 2.25. The Hall–Kier alpha value is -2.22. The first kappa shape index (κ1) is 15.2. The standard InChI is InChI=1S/C13H11F3N2O2S/c1-7-2-3-11(9(14)4-7)18-21(19,20)12-6-8(17)5-10(15)13(12)16/h2-6,18H,17H2,1H3. The summed E-state index contributed by atoms with van der Waals surface area (Å²) in [7, 11) is -4.51. The summed E-state index contributed by atoms with van der Waals surface area (Å²) in [5.41, 5.74) is 5.24. The number of aryl methyl sites for hydroxylation is 1. The van der Waals surface area contributed by atoms with Crippen molar-refractivity contribution in [2.24, 2.45) is 0 Å². The summed E-state index contributed by atoms with van der Waals surface area (Å²) in [5.74, 6) is -3.81. The SMILES string of the molecule is Cc1ccc(NS(=O)(=O)c2cc(N)cc(F)c2F)c(F)c1. The van der Waals surface area contributed by atoms with Crippen LogP contribution in [0.15, 0.2) is 35.2 Å². The van der Waals surface area contributed by atoms with Crippen molar-refractivity contribution in [1.82, 2.24) is 0 Å². The predicted molar refractivity (Wildman–Crippen MR) is 72.7 cm³/mol. The largest absolute Gasteiger partial charge is 0.399 e. The lowest BCUT2D eigenvalue weighted by molar-refractivity contribution is 0.486. The van der Waals surface area contributed by atoms with Crippen molar-refractivity contribution < 1.29 is 21.6 Å². The van der Waals surface area contributed by atoms with E-state index in [1.165, 1.54) is 12.1 Å². The first-order valence-electron chi connectivity index (χ1n) is 5.74. The zero-order valence-corrected chi connectivity index (χ0v) is 11.6. The fraction of sp³-hybridized carbons (Fsp3) is 0.0769. The van der Waals surface area contributed by atoms with Crippen LogP contribution >= 0.6 is 0 Å². The number of hydrogen-bond acceptors (Lipinski definition) is 3. The van der Waals surface area contributed by atoms with Gasteiger partial charge in [-0.2, -0.15) is 0 Å². The molecule has 2 aromatic carbocycles. The molecule has 0 aliphatic rings. The van der Waals surface area contributed by atoms with Crippen molar-refractivity contribution in [3.63, 3.8) is 0 Å². The molecule has 0 atom stereocenters. The molecule has 0 aliphatic carbocycles. The number of nitrogens with two attached hydrogens (primary N) is 1. The van der Waals surface area contributed by atoms with Gasteiger partial charge in [-0.3, -0.25) is 4.72 Å². The molecule has 112 valence electrons. The van der Waals surface area contributed by atoms with Gasteiger partial charge >= 0.3 is 0 Å². The maximum Gasteiger partial charge on any atom is 0.265 e. The maximum absolute atomic E-state index is 13.6. The van der Waals surface area contributed by atoms with E-state index in [4.69, 9.17) is 5.73 Å². The van der Waals surface area contributed by atoms with Gasteiger partial charge in [0.15, 0.2) is 11.6 Å². The summed E-state index contributed by atoms with van der Waals surface area (Å²) in [6.07, 6.45) is 0. The van der Waals surface area contributed by atoms with E-state index in [0.29, 0.717) is 11.6 Å². The van der Waals surface area contributed by atoms with Crippen molar-refractivity contribution in [2.45, 2.75) is 11.8 Å². The number of rotatable bonds is 3. The number of anilines is 2. The number of nitrogen functional groups attached to an aromatic ring is 1. The van der Waals surface area contributed by atoms with Crippen LogP contribution in [0.4, 0.5) is 24.5 Å². The first-order chi connectivity index (χ1) is 9.70. The fourth-order valence-corrected chi connectivity index (χ4v) is 2.87. The Morgan fingerprint density at radius 3 is 2.33 bits per heavy atom. The Morgan fingerprint density at radius 2 is 1.71 bits per heavy atom. The zero-order chi connectivity index (χ0) is 15.8. The molecule has 0 aromatic heterocycles. The van der Waals surface area contributed by atoms with Crippen molar-refractivity contribution in [1.29, 1.82) is 0 Å². The molecule has 0 saturated heterocycles. The normalized spacial score (nSPS) is 11.4. The highest BCUT2D eigenvalue weighted by molar-refractivity contribution is 7.92. The number of nitrogens with one attached hydrogen (secondary N) is 1. The Balaban J connectivity index is 2.48. The third-order valence-electron chi connectivity index (χ3n) is 2.68. The Morgan fingerprint density at radius 1 is 1.05 bits per heavy atom. The smallest absolute Gasteiger partial charge is 0.265 e. The Labute approximate surface area is 119 Å². The predicted octanol–water partition coefficient (Wildman–Crippen LogP) is 2.80. The molecule has 0 radical (unpaired) electrons. The van der Waals surface area contributed by atoms with Crippen LogP contribution in [0.5, 0.6) is 0 Å². The van der Waals surface area contributed by atoms with Gasteiger partial charge in [0, 0.05) is 5.69 Å². The highest BCUT2D eigenvalue weighted by atomic mass is 32.2. The van der Waals surface area contributed by atoms with Gasteiger partial charge < -0.3 is 5.73 Å². The number of hydrogen-bond donors (Lipinski definition) is 2. The molecular formula is C13H11F3N2O2S. The van der Waals surface area contributed by atoms with Gasteiger partial charge in [0.2, 0.25) is 0 Å². The van der Waals surface area contributed by atoms with Crippen LogP contribution < -0.4 is 10.5 Å².